The molecule has 0 rings (SSSR count). The Hall–Kier alpha value is -0.870. The molecule has 120 valence electrons. The van der Waals surface area contributed by atoms with Gasteiger partial charge in [0.05, 0.1) is 0 Å². The smallest absolute Gasteiger partial charge is 0.402 e. The summed E-state index contributed by atoms with van der Waals surface area (Å²) in [6.45, 7) is 0.429. The van der Waals surface area contributed by atoms with Crippen LogP contribution in [0.3, 0.4) is 0 Å². The molecule has 0 aliphatic heterocycles. The van der Waals surface area contributed by atoms with E-state index in [9.17, 15) is 26.4 Å². The van der Waals surface area contributed by atoms with Crippen LogP contribution in [0.4, 0.5) is 13.2 Å². The van der Waals surface area contributed by atoms with Gasteiger partial charge < -0.3 is 5.11 Å². The molecular weight excluding hydrogens is 301 g/mol. The summed E-state index contributed by atoms with van der Waals surface area (Å²) >= 11 is 0. The first kappa shape index (κ1) is 19.1. The average Bonchev–Trinajstić information content (AvgIpc) is 2.25. The maximum Gasteiger partial charge on any atom is 0.402 e. The van der Waals surface area contributed by atoms with Crippen molar-refractivity contribution in [1.82, 2.24) is 8.61 Å². The van der Waals surface area contributed by atoms with Crippen LogP contribution in [0.5, 0.6) is 0 Å². The van der Waals surface area contributed by atoms with Gasteiger partial charge in [-0.25, -0.2) is 0 Å². The van der Waals surface area contributed by atoms with Crippen LogP contribution in [-0.2, 0) is 15.0 Å². The predicted octanol–water partition coefficient (Wildman–Crippen LogP) is 1.30. The fraction of sp³-hybridized carbons (Fsp3) is 0.900. The van der Waals surface area contributed by atoms with Crippen molar-refractivity contribution >= 4 is 16.2 Å². The molecular formula is C10H19F3N2O4S. The van der Waals surface area contributed by atoms with E-state index in [1.54, 1.807) is 13.8 Å². The van der Waals surface area contributed by atoms with E-state index in [1.807, 2.05) is 0 Å². The van der Waals surface area contributed by atoms with Gasteiger partial charge in [-0.15, -0.1) is 0 Å². The van der Waals surface area contributed by atoms with E-state index in [2.05, 4.69) is 0 Å². The molecule has 0 saturated carbocycles. The number of carbonyl (C=O) groups is 1. The third-order valence-electron chi connectivity index (χ3n) is 2.27. The Labute approximate surface area is 116 Å². The van der Waals surface area contributed by atoms with Gasteiger partial charge in [0.15, 0.2) is 0 Å². The van der Waals surface area contributed by atoms with Crippen molar-refractivity contribution < 1.29 is 31.5 Å². The summed E-state index contributed by atoms with van der Waals surface area (Å²) < 4.78 is 62.3. The Kier molecular flexibility index (Phi) is 7.45. The molecule has 0 saturated heterocycles. The SMILES string of the molecule is CCCN(CCC)S(=O)(=O)N(CC(=O)O)CC(F)(F)F. The second-order valence-electron chi connectivity index (χ2n) is 4.18. The van der Waals surface area contributed by atoms with Crippen LogP contribution in [-0.4, -0.2) is 60.5 Å². The molecule has 0 spiro atoms. The molecule has 0 aliphatic carbocycles. The van der Waals surface area contributed by atoms with Crippen molar-refractivity contribution in [2.24, 2.45) is 0 Å². The summed E-state index contributed by atoms with van der Waals surface area (Å²) in [4.78, 5) is 10.6. The molecule has 0 atom stereocenters. The molecule has 0 heterocycles. The Bertz CT molecular complexity index is 405. The van der Waals surface area contributed by atoms with Crippen LogP contribution in [0.25, 0.3) is 0 Å². The van der Waals surface area contributed by atoms with E-state index in [-0.39, 0.29) is 17.4 Å². The molecule has 0 radical (unpaired) electrons. The highest BCUT2D eigenvalue weighted by atomic mass is 32.2. The van der Waals surface area contributed by atoms with Crippen LogP contribution in [0.15, 0.2) is 0 Å². The zero-order chi connectivity index (χ0) is 16.0. The van der Waals surface area contributed by atoms with Crippen LogP contribution in [0.2, 0.25) is 0 Å². The van der Waals surface area contributed by atoms with Crippen molar-refractivity contribution in [3.8, 4) is 0 Å². The van der Waals surface area contributed by atoms with Gasteiger partial charge in [-0.1, -0.05) is 13.8 Å². The zero-order valence-electron chi connectivity index (χ0n) is 11.4. The first-order chi connectivity index (χ1) is 9.04. The van der Waals surface area contributed by atoms with Gasteiger partial charge >= 0.3 is 12.1 Å². The fourth-order valence-electron chi connectivity index (χ4n) is 1.57. The molecule has 0 amide bonds. The molecule has 10 heteroatoms. The van der Waals surface area contributed by atoms with Crippen molar-refractivity contribution in [2.45, 2.75) is 32.9 Å². The predicted molar refractivity (Wildman–Crippen MR) is 66.3 cm³/mol. The average molecular weight is 320 g/mol. The van der Waals surface area contributed by atoms with E-state index in [1.165, 1.54) is 0 Å². The van der Waals surface area contributed by atoms with E-state index in [4.69, 9.17) is 5.11 Å². The second-order valence-corrected chi connectivity index (χ2v) is 6.11. The number of hydrogen-bond donors (Lipinski definition) is 1. The van der Waals surface area contributed by atoms with E-state index in [0.717, 1.165) is 4.31 Å². The molecule has 0 aromatic heterocycles. The number of halogens is 3. The minimum atomic E-state index is -4.80. The maximum absolute atomic E-state index is 12.4. The van der Waals surface area contributed by atoms with E-state index >= 15 is 0 Å². The Morgan fingerprint density at radius 2 is 1.55 bits per heavy atom. The molecule has 1 N–H and O–H groups in total. The highest BCUT2D eigenvalue weighted by Gasteiger charge is 2.39. The first-order valence-electron chi connectivity index (χ1n) is 6.08. The van der Waals surface area contributed by atoms with Gasteiger partial charge in [-0.05, 0) is 12.8 Å². The third-order valence-corrected chi connectivity index (χ3v) is 4.19. The summed E-state index contributed by atoms with van der Waals surface area (Å²) in [7, 11) is -4.45. The Balaban J connectivity index is 5.32. The van der Waals surface area contributed by atoms with Crippen LogP contribution in [0, 0.1) is 0 Å². The van der Waals surface area contributed by atoms with Gasteiger partial charge in [0, 0.05) is 13.1 Å². The van der Waals surface area contributed by atoms with Crippen LogP contribution in [0.1, 0.15) is 26.7 Å². The van der Waals surface area contributed by atoms with Crippen molar-refractivity contribution in [2.75, 3.05) is 26.2 Å². The molecule has 6 nitrogen and oxygen atoms in total. The van der Waals surface area contributed by atoms with Gasteiger partial charge in [-0.3, -0.25) is 4.79 Å². The lowest BCUT2D eigenvalue weighted by Gasteiger charge is -2.29. The topological polar surface area (TPSA) is 77.9 Å². The number of nitrogens with zero attached hydrogens (tertiary/aromatic N) is 2. The standard InChI is InChI=1S/C10H19F3N2O4S/c1-3-5-14(6-4-2)20(18,19)15(7-9(16)17)8-10(11,12)13/h3-8H2,1-2H3,(H,16,17). The quantitative estimate of drug-likeness (QED) is 0.695. The number of hydrogen-bond acceptors (Lipinski definition) is 3. The molecule has 0 aromatic rings. The number of rotatable bonds is 9. The number of aliphatic carboxylic acids is 1. The van der Waals surface area contributed by atoms with Crippen LogP contribution < -0.4 is 0 Å². The number of alkyl halides is 3. The Morgan fingerprint density at radius 3 is 1.85 bits per heavy atom. The van der Waals surface area contributed by atoms with E-state index < -0.39 is 35.4 Å². The van der Waals surface area contributed by atoms with Crippen molar-refractivity contribution in [3.63, 3.8) is 0 Å². The molecule has 0 aromatic carbocycles. The third kappa shape index (κ3) is 6.53. The second kappa shape index (κ2) is 7.79. The molecule has 0 unspecified atom stereocenters. The molecule has 20 heavy (non-hydrogen) atoms. The van der Waals surface area contributed by atoms with Gasteiger partial charge in [-0.2, -0.15) is 30.2 Å². The summed E-state index contributed by atoms with van der Waals surface area (Å²) in [5, 5.41) is 8.59. The Morgan fingerprint density at radius 1 is 1.10 bits per heavy atom. The monoisotopic (exact) mass is 320 g/mol. The van der Waals surface area contributed by atoms with Crippen molar-refractivity contribution in [1.29, 1.82) is 0 Å². The van der Waals surface area contributed by atoms with E-state index in [0.29, 0.717) is 12.8 Å². The molecule has 0 bridgehead atoms. The normalized spacial score (nSPS) is 13.2. The maximum atomic E-state index is 12.4. The largest absolute Gasteiger partial charge is 0.480 e. The minimum Gasteiger partial charge on any atom is -0.480 e. The van der Waals surface area contributed by atoms with Gasteiger partial charge in [0.1, 0.15) is 13.1 Å². The highest BCUT2D eigenvalue weighted by Crippen LogP contribution is 2.20. The van der Waals surface area contributed by atoms with Crippen molar-refractivity contribution in [3.05, 3.63) is 0 Å². The summed E-state index contributed by atoms with van der Waals surface area (Å²) in [6.07, 6.45) is -3.95. The zero-order valence-corrected chi connectivity index (χ0v) is 12.2. The lowest BCUT2D eigenvalue weighted by Crippen LogP contribution is -2.49. The minimum absolute atomic E-state index is 0.0458. The van der Waals surface area contributed by atoms with Gasteiger partial charge in [0.25, 0.3) is 10.2 Å². The highest BCUT2D eigenvalue weighted by molar-refractivity contribution is 7.86. The number of carboxylic acid groups (broad SMARTS) is 1. The molecule has 0 fully saturated rings. The summed E-state index contributed by atoms with van der Waals surface area (Å²) in [5.74, 6) is -1.63. The lowest BCUT2D eigenvalue weighted by molar-refractivity contribution is -0.146. The van der Waals surface area contributed by atoms with Gasteiger partial charge in [0.2, 0.25) is 0 Å². The fourth-order valence-corrected chi connectivity index (χ4v) is 3.31. The van der Waals surface area contributed by atoms with Crippen LogP contribution >= 0.6 is 0 Å². The first-order valence-corrected chi connectivity index (χ1v) is 7.48. The summed E-state index contributed by atoms with van der Waals surface area (Å²) in [5.41, 5.74) is 0. The molecule has 0 aliphatic rings. The summed E-state index contributed by atoms with van der Waals surface area (Å²) in [6, 6.07) is 0. The number of carboxylic acids is 1. The lowest BCUT2D eigenvalue weighted by atomic mass is 10.4.